The van der Waals surface area contributed by atoms with Gasteiger partial charge in [-0.15, -0.1) is 0 Å². The molecule has 1 aliphatic rings. The van der Waals surface area contributed by atoms with Gasteiger partial charge in [-0.05, 0) is 60.4 Å². The molecular weight excluding hydrogens is 415 g/mol. The molecule has 0 spiro atoms. The summed E-state index contributed by atoms with van der Waals surface area (Å²) in [6, 6.07) is 21.4. The number of carbonyl (C=O) groups excluding carboxylic acids is 1. The van der Waals surface area contributed by atoms with Crippen molar-refractivity contribution in [2.75, 3.05) is 18.5 Å². The molecule has 0 radical (unpaired) electrons. The Morgan fingerprint density at radius 2 is 1.74 bits per heavy atom. The summed E-state index contributed by atoms with van der Waals surface area (Å²) in [5.41, 5.74) is 2.95. The van der Waals surface area contributed by atoms with E-state index in [1.807, 2.05) is 36.4 Å². The number of ether oxygens (including phenoxy) is 1. The second-order valence-corrected chi connectivity index (χ2v) is 8.10. The Labute approximate surface area is 186 Å². The fourth-order valence-electron chi connectivity index (χ4n) is 3.93. The molecule has 3 aromatic carbocycles. The quantitative estimate of drug-likeness (QED) is 0.532. The minimum absolute atomic E-state index is 0.243. The maximum absolute atomic E-state index is 13.4. The van der Waals surface area contributed by atoms with Crippen LogP contribution in [0.15, 0.2) is 72.8 Å². The number of benzene rings is 3. The van der Waals surface area contributed by atoms with Crippen molar-refractivity contribution in [3.05, 3.63) is 100 Å². The molecule has 0 aliphatic carbocycles. The maximum Gasteiger partial charge on any atom is 0.257 e. The van der Waals surface area contributed by atoms with Gasteiger partial charge in [0.15, 0.2) is 0 Å². The van der Waals surface area contributed by atoms with Gasteiger partial charge in [-0.3, -0.25) is 4.79 Å². The summed E-state index contributed by atoms with van der Waals surface area (Å²) in [5.74, 6) is -0.490. The van der Waals surface area contributed by atoms with Gasteiger partial charge in [0.25, 0.3) is 5.91 Å². The van der Waals surface area contributed by atoms with Crippen LogP contribution in [0.4, 0.5) is 10.1 Å². The van der Waals surface area contributed by atoms with Gasteiger partial charge in [-0.2, -0.15) is 0 Å². The highest BCUT2D eigenvalue weighted by molar-refractivity contribution is 6.34. The minimum atomic E-state index is -0.275. The second-order valence-electron chi connectivity index (χ2n) is 7.69. The number of rotatable bonds is 6. The van der Waals surface area contributed by atoms with Gasteiger partial charge in [-0.1, -0.05) is 48.0 Å². The standard InChI is InChI=1S/C25H24ClFN2O2/c26-23-7-2-1-6-22(23)24(30)29-21-5-3-4-18(16-21)17-28-25(12-14-31-15-13-25)19-8-10-20(27)11-9-19/h1-11,16,28H,12-15,17H2,(H,29,30). The number of hydrogen-bond donors (Lipinski definition) is 2. The molecule has 1 heterocycles. The summed E-state index contributed by atoms with van der Waals surface area (Å²) in [7, 11) is 0. The molecule has 31 heavy (non-hydrogen) atoms. The predicted octanol–water partition coefficient (Wildman–Crippen LogP) is 5.53. The zero-order valence-electron chi connectivity index (χ0n) is 17.0. The van der Waals surface area contributed by atoms with Crippen LogP contribution in [-0.4, -0.2) is 19.1 Å². The van der Waals surface area contributed by atoms with Crippen molar-refractivity contribution in [2.24, 2.45) is 0 Å². The summed E-state index contributed by atoms with van der Waals surface area (Å²) in [6.07, 6.45) is 1.61. The maximum atomic E-state index is 13.4. The van der Waals surface area contributed by atoms with E-state index in [4.69, 9.17) is 16.3 Å². The van der Waals surface area contributed by atoms with E-state index in [2.05, 4.69) is 10.6 Å². The van der Waals surface area contributed by atoms with Crippen LogP contribution in [0.1, 0.15) is 34.3 Å². The third-order valence-corrected chi connectivity index (χ3v) is 6.01. The monoisotopic (exact) mass is 438 g/mol. The lowest BCUT2D eigenvalue weighted by Gasteiger charge is -2.39. The third-order valence-electron chi connectivity index (χ3n) is 5.68. The molecule has 1 saturated heterocycles. The first-order valence-electron chi connectivity index (χ1n) is 10.3. The summed E-state index contributed by atoms with van der Waals surface area (Å²) >= 11 is 6.13. The number of halogens is 2. The van der Waals surface area contributed by atoms with Crippen LogP contribution in [-0.2, 0) is 16.8 Å². The van der Waals surface area contributed by atoms with E-state index < -0.39 is 0 Å². The van der Waals surface area contributed by atoms with Crippen molar-refractivity contribution in [1.82, 2.24) is 5.32 Å². The normalized spacial score (nSPS) is 15.4. The first-order valence-corrected chi connectivity index (χ1v) is 10.7. The molecule has 1 fully saturated rings. The smallest absolute Gasteiger partial charge is 0.257 e. The van der Waals surface area contributed by atoms with E-state index in [0.717, 1.165) is 24.0 Å². The predicted molar refractivity (Wildman–Crippen MR) is 121 cm³/mol. The molecule has 6 heteroatoms. The van der Waals surface area contributed by atoms with E-state index in [-0.39, 0.29) is 17.3 Å². The molecule has 3 aromatic rings. The average Bonchev–Trinajstić information content (AvgIpc) is 2.79. The van der Waals surface area contributed by atoms with E-state index in [9.17, 15) is 9.18 Å². The molecule has 2 N–H and O–H groups in total. The zero-order chi connectivity index (χ0) is 21.7. The first kappa shape index (κ1) is 21.5. The van der Waals surface area contributed by atoms with Crippen molar-refractivity contribution >= 4 is 23.2 Å². The third kappa shape index (κ3) is 5.13. The van der Waals surface area contributed by atoms with E-state index >= 15 is 0 Å². The number of anilines is 1. The highest BCUT2D eigenvalue weighted by Gasteiger charge is 2.33. The molecule has 4 nitrogen and oxygen atoms in total. The van der Waals surface area contributed by atoms with Crippen molar-refractivity contribution in [2.45, 2.75) is 24.9 Å². The Bertz CT molecular complexity index is 1050. The van der Waals surface area contributed by atoms with Gasteiger partial charge in [0.1, 0.15) is 5.82 Å². The Morgan fingerprint density at radius 3 is 2.48 bits per heavy atom. The van der Waals surface area contributed by atoms with Crippen molar-refractivity contribution < 1.29 is 13.9 Å². The lowest BCUT2D eigenvalue weighted by Crippen LogP contribution is -2.46. The van der Waals surface area contributed by atoms with Crippen LogP contribution >= 0.6 is 11.6 Å². The highest BCUT2D eigenvalue weighted by Crippen LogP contribution is 2.33. The largest absolute Gasteiger partial charge is 0.381 e. The Kier molecular flexibility index (Phi) is 6.66. The molecule has 0 saturated carbocycles. The first-order chi connectivity index (χ1) is 15.1. The van der Waals surface area contributed by atoms with Crippen molar-refractivity contribution in [3.63, 3.8) is 0 Å². The summed E-state index contributed by atoms with van der Waals surface area (Å²) in [6.45, 7) is 1.91. The Balaban J connectivity index is 1.48. The molecule has 0 atom stereocenters. The molecule has 0 bridgehead atoms. The number of hydrogen-bond acceptors (Lipinski definition) is 3. The minimum Gasteiger partial charge on any atom is -0.381 e. The lowest BCUT2D eigenvalue weighted by atomic mass is 9.82. The SMILES string of the molecule is O=C(Nc1cccc(CNC2(c3ccc(F)cc3)CCOCC2)c1)c1ccccc1Cl. The number of carbonyl (C=O) groups is 1. The van der Waals surface area contributed by atoms with Gasteiger partial charge >= 0.3 is 0 Å². The van der Waals surface area contributed by atoms with Gasteiger partial charge < -0.3 is 15.4 Å². The number of amides is 1. The molecule has 0 aromatic heterocycles. The van der Waals surface area contributed by atoms with Crippen LogP contribution in [0.2, 0.25) is 5.02 Å². The van der Waals surface area contributed by atoms with Crippen LogP contribution in [0.3, 0.4) is 0 Å². The van der Waals surface area contributed by atoms with E-state index in [1.165, 1.54) is 12.1 Å². The van der Waals surface area contributed by atoms with Gasteiger partial charge in [-0.25, -0.2) is 4.39 Å². The molecule has 1 amide bonds. The average molecular weight is 439 g/mol. The Hall–Kier alpha value is -2.73. The van der Waals surface area contributed by atoms with E-state index in [1.54, 1.807) is 24.3 Å². The molecule has 160 valence electrons. The van der Waals surface area contributed by atoms with Crippen LogP contribution in [0.5, 0.6) is 0 Å². The summed E-state index contributed by atoms with van der Waals surface area (Å²) < 4.78 is 19.0. The van der Waals surface area contributed by atoms with Gasteiger partial charge in [0, 0.05) is 31.0 Å². The fourth-order valence-corrected chi connectivity index (χ4v) is 4.15. The van der Waals surface area contributed by atoms with Crippen molar-refractivity contribution in [1.29, 1.82) is 0 Å². The lowest BCUT2D eigenvalue weighted by molar-refractivity contribution is 0.0357. The highest BCUT2D eigenvalue weighted by atomic mass is 35.5. The molecule has 0 unspecified atom stereocenters. The van der Waals surface area contributed by atoms with Crippen LogP contribution < -0.4 is 10.6 Å². The second kappa shape index (κ2) is 9.60. The van der Waals surface area contributed by atoms with Crippen LogP contribution in [0, 0.1) is 5.82 Å². The summed E-state index contributed by atoms with van der Waals surface area (Å²) in [4.78, 5) is 12.6. The zero-order valence-corrected chi connectivity index (χ0v) is 17.8. The number of nitrogens with one attached hydrogen (secondary N) is 2. The fraction of sp³-hybridized carbons (Fsp3) is 0.240. The molecule has 1 aliphatic heterocycles. The van der Waals surface area contributed by atoms with Gasteiger partial charge in [0.2, 0.25) is 0 Å². The topological polar surface area (TPSA) is 50.4 Å². The Morgan fingerprint density at radius 1 is 1.00 bits per heavy atom. The molecule has 4 rings (SSSR count). The molecular formula is C25H24ClFN2O2. The van der Waals surface area contributed by atoms with Crippen LogP contribution in [0.25, 0.3) is 0 Å². The van der Waals surface area contributed by atoms with E-state index in [0.29, 0.717) is 36.0 Å². The van der Waals surface area contributed by atoms with Gasteiger partial charge in [0.05, 0.1) is 10.6 Å². The van der Waals surface area contributed by atoms with Crippen molar-refractivity contribution in [3.8, 4) is 0 Å². The summed E-state index contributed by atoms with van der Waals surface area (Å²) in [5, 5.41) is 7.00.